The van der Waals surface area contributed by atoms with Crippen LogP contribution in [-0.2, 0) is 6.18 Å². The molecule has 0 fully saturated rings. The van der Waals surface area contributed by atoms with Crippen LogP contribution >= 0.6 is 12.2 Å². The third-order valence-electron chi connectivity index (χ3n) is 2.90. The molecular weight excluding hydrogens is 349 g/mol. The number of carbonyl (C=O) groups excluding carboxylic acids is 1. The van der Waals surface area contributed by atoms with E-state index in [9.17, 15) is 28.1 Å². The van der Waals surface area contributed by atoms with Gasteiger partial charge in [0.25, 0.3) is 11.6 Å². The number of alkyl halides is 3. The van der Waals surface area contributed by atoms with Crippen LogP contribution in [0.3, 0.4) is 0 Å². The monoisotopic (exact) mass is 358 g/mol. The number of aromatic nitrogens is 1. The summed E-state index contributed by atoms with van der Waals surface area (Å²) in [6.45, 7) is 0. The zero-order valence-corrected chi connectivity index (χ0v) is 12.5. The predicted octanol–water partition coefficient (Wildman–Crippen LogP) is 3.43. The number of hydrogen-bond donors (Lipinski definition) is 3. The topological polar surface area (TPSA) is 100 Å². The van der Waals surface area contributed by atoms with Crippen LogP contribution in [-0.4, -0.2) is 15.8 Å². The van der Waals surface area contributed by atoms with Gasteiger partial charge >= 0.3 is 6.18 Å². The van der Waals surface area contributed by atoms with E-state index in [0.29, 0.717) is 12.1 Å². The maximum Gasteiger partial charge on any atom is 0.416 e. The standard InChI is InChI=1S/C13H9F3N4O3S/c14-13(15,16)7-3-4-9(10(6-7)20(22)23)18-19-11(21)8-2-1-5-17-12(8)24/h1-6,18H,(H,17,24)(H,19,21). The third-order valence-corrected chi connectivity index (χ3v) is 3.23. The fraction of sp³-hybridized carbons (Fsp3) is 0.0769. The second-order valence-corrected chi connectivity index (χ2v) is 4.89. The number of nitrogens with zero attached hydrogens (tertiary/aromatic N) is 1. The van der Waals surface area contributed by atoms with Gasteiger partial charge in [0.1, 0.15) is 10.3 Å². The minimum Gasteiger partial charge on any atom is -0.352 e. The van der Waals surface area contributed by atoms with E-state index in [0.717, 1.165) is 6.07 Å². The van der Waals surface area contributed by atoms with E-state index < -0.39 is 28.3 Å². The molecular formula is C13H9F3N4O3S. The van der Waals surface area contributed by atoms with E-state index in [2.05, 4.69) is 15.8 Å². The van der Waals surface area contributed by atoms with Crippen molar-refractivity contribution < 1.29 is 22.9 Å². The van der Waals surface area contributed by atoms with Gasteiger partial charge < -0.3 is 4.98 Å². The third kappa shape index (κ3) is 3.87. The number of halogens is 3. The number of rotatable bonds is 4. The minimum absolute atomic E-state index is 0.0922. The van der Waals surface area contributed by atoms with Gasteiger partial charge in [-0.25, -0.2) is 0 Å². The van der Waals surface area contributed by atoms with Crippen molar-refractivity contribution in [1.82, 2.24) is 10.4 Å². The summed E-state index contributed by atoms with van der Waals surface area (Å²) in [7, 11) is 0. The highest BCUT2D eigenvalue weighted by molar-refractivity contribution is 7.71. The van der Waals surface area contributed by atoms with E-state index >= 15 is 0 Å². The fourth-order valence-electron chi connectivity index (χ4n) is 1.76. The molecule has 2 aromatic rings. The van der Waals surface area contributed by atoms with Crippen LogP contribution in [0, 0.1) is 14.8 Å². The van der Waals surface area contributed by atoms with Crippen LogP contribution in [0.1, 0.15) is 15.9 Å². The van der Waals surface area contributed by atoms with E-state index in [1.165, 1.54) is 18.3 Å². The molecule has 0 aliphatic carbocycles. The number of carbonyl (C=O) groups is 1. The summed E-state index contributed by atoms with van der Waals surface area (Å²) >= 11 is 4.91. The van der Waals surface area contributed by atoms with Crippen LogP contribution in [0.25, 0.3) is 0 Å². The summed E-state index contributed by atoms with van der Waals surface area (Å²) < 4.78 is 38.0. The molecule has 0 bridgehead atoms. The quantitative estimate of drug-likeness (QED) is 0.442. The Bertz CT molecular complexity index is 851. The van der Waals surface area contributed by atoms with Gasteiger partial charge in [0, 0.05) is 12.3 Å². The summed E-state index contributed by atoms with van der Waals surface area (Å²) in [4.78, 5) is 24.5. The van der Waals surface area contributed by atoms with E-state index in [-0.39, 0.29) is 15.9 Å². The lowest BCUT2D eigenvalue weighted by atomic mass is 10.1. The molecule has 2 rings (SSSR count). The number of anilines is 1. The highest BCUT2D eigenvalue weighted by Crippen LogP contribution is 2.34. The van der Waals surface area contributed by atoms with E-state index in [4.69, 9.17) is 12.2 Å². The second-order valence-electron chi connectivity index (χ2n) is 4.48. The zero-order valence-electron chi connectivity index (χ0n) is 11.7. The lowest BCUT2D eigenvalue weighted by Gasteiger charge is -2.11. The lowest BCUT2D eigenvalue weighted by Crippen LogP contribution is -2.30. The first-order chi connectivity index (χ1) is 11.2. The maximum absolute atomic E-state index is 12.6. The molecule has 0 aliphatic heterocycles. The van der Waals surface area contributed by atoms with E-state index in [1.54, 1.807) is 0 Å². The van der Waals surface area contributed by atoms with Crippen molar-refractivity contribution in [1.29, 1.82) is 0 Å². The smallest absolute Gasteiger partial charge is 0.352 e. The first-order valence-electron chi connectivity index (χ1n) is 6.30. The van der Waals surface area contributed by atoms with Crippen LogP contribution in [0.15, 0.2) is 36.5 Å². The van der Waals surface area contributed by atoms with Gasteiger partial charge in [0.2, 0.25) is 0 Å². The van der Waals surface area contributed by atoms with Crippen LogP contribution < -0.4 is 10.9 Å². The van der Waals surface area contributed by atoms with Gasteiger partial charge in [0.15, 0.2) is 0 Å². The Balaban J connectivity index is 2.24. The highest BCUT2D eigenvalue weighted by atomic mass is 32.1. The Hall–Kier alpha value is -2.95. The Morgan fingerprint density at radius 1 is 1.29 bits per heavy atom. The molecule has 126 valence electrons. The van der Waals surface area contributed by atoms with Crippen LogP contribution in [0.5, 0.6) is 0 Å². The molecule has 0 spiro atoms. The summed E-state index contributed by atoms with van der Waals surface area (Å²) in [6, 6.07) is 4.83. The number of aromatic amines is 1. The molecule has 24 heavy (non-hydrogen) atoms. The molecule has 0 saturated carbocycles. The first-order valence-corrected chi connectivity index (χ1v) is 6.70. The van der Waals surface area contributed by atoms with Crippen molar-refractivity contribution in [2.45, 2.75) is 6.18 Å². The molecule has 0 unspecified atom stereocenters. The van der Waals surface area contributed by atoms with Crippen molar-refractivity contribution in [3.8, 4) is 0 Å². The largest absolute Gasteiger partial charge is 0.416 e. The van der Waals surface area contributed by atoms with Crippen LogP contribution in [0.4, 0.5) is 24.5 Å². The van der Waals surface area contributed by atoms with Crippen molar-refractivity contribution in [3.63, 3.8) is 0 Å². The van der Waals surface area contributed by atoms with Gasteiger partial charge in [-0.1, -0.05) is 12.2 Å². The number of nitro benzene ring substituents is 1. The predicted molar refractivity (Wildman–Crippen MR) is 80.8 cm³/mol. The molecule has 0 atom stereocenters. The normalized spacial score (nSPS) is 11.0. The molecule has 0 radical (unpaired) electrons. The number of H-pyrrole nitrogens is 1. The minimum atomic E-state index is -4.72. The molecule has 0 aliphatic rings. The maximum atomic E-state index is 12.6. The number of nitrogens with one attached hydrogen (secondary N) is 3. The molecule has 0 saturated heterocycles. The average Bonchev–Trinajstić information content (AvgIpc) is 2.51. The molecule has 1 aromatic heterocycles. The summed E-state index contributed by atoms with van der Waals surface area (Å²) in [5, 5.41) is 10.9. The molecule has 1 aromatic carbocycles. The fourth-order valence-corrected chi connectivity index (χ4v) is 1.99. The average molecular weight is 358 g/mol. The second kappa shape index (κ2) is 6.66. The number of benzene rings is 1. The molecule has 3 N–H and O–H groups in total. The first kappa shape index (κ1) is 17.4. The number of amides is 1. The van der Waals surface area contributed by atoms with Crippen LogP contribution in [0.2, 0.25) is 0 Å². The van der Waals surface area contributed by atoms with Crippen molar-refractivity contribution in [2.75, 3.05) is 5.43 Å². The lowest BCUT2D eigenvalue weighted by molar-refractivity contribution is -0.384. The van der Waals surface area contributed by atoms with Gasteiger partial charge in [-0.3, -0.25) is 25.8 Å². The Morgan fingerprint density at radius 2 is 2.00 bits per heavy atom. The Morgan fingerprint density at radius 3 is 2.58 bits per heavy atom. The van der Waals surface area contributed by atoms with Gasteiger partial charge in [-0.15, -0.1) is 0 Å². The summed E-state index contributed by atoms with van der Waals surface area (Å²) in [5.41, 5.74) is 2.17. The zero-order chi connectivity index (χ0) is 17.9. The molecule has 11 heteroatoms. The Kier molecular flexibility index (Phi) is 4.83. The van der Waals surface area contributed by atoms with Gasteiger partial charge in [0.05, 0.1) is 16.1 Å². The van der Waals surface area contributed by atoms with Crippen molar-refractivity contribution >= 4 is 29.5 Å². The van der Waals surface area contributed by atoms with Gasteiger partial charge in [-0.2, -0.15) is 13.2 Å². The SMILES string of the molecule is O=C(NNc1ccc(C(F)(F)F)cc1[N+](=O)[O-])c1ccc[nH]c1=S. The Labute approximate surface area is 137 Å². The highest BCUT2D eigenvalue weighted by Gasteiger charge is 2.33. The van der Waals surface area contributed by atoms with E-state index in [1.807, 2.05) is 0 Å². The number of nitro groups is 1. The molecule has 7 nitrogen and oxygen atoms in total. The number of pyridine rings is 1. The van der Waals surface area contributed by atoms with Gasteiger partial charge in [-0.05, 0) is 24.3 Å². The number of hydrazine groups is 1. The molecule has 1 heterocycles. The van der Waals surface area contributed by atoms with Crippen molar-refractivity contribution in [3.05, 3.63) is 62.4 Å². The molecule has 1 amide bonds. The number of hydrogen-bond acceptors (Lipinski definition) is 5. The summed E-state index contributed by atoms with van der Waals surface area (Å²) in [6.07, 6.45) is -3.21. The summed E-state index contributed by atoms with van der Waals surface area (Å²) in [5.74, 6) is -0.703. The van der Waals surface area contributed by atoms with Crippen molar-refractivity contribution in [2.24, 2.45) is 0 Å².